The number of carbonyl (C=O) groups excluding carboxylic acids is 3. The van der Waals surface area contributed by atoms with Crippen LogP contribution in [0.15, 0.2) is 71.4 Å². The molecule has 4 fully saturated rings. The summed E-state index contributed by atoms with van der Waals surface area (Å²) >= 11 is 0. The second-order valence-corrected chi connectivity index (χ2v) is 17.3. The third-order valence-corrected chi connectivity index (χ3v) is 13.8. The van der Waals surface area contributed by atoms with Crippen LogP contribution < -0.4 is 10.6 Å². The summed E-state index contributed by atoms with van der Waals surface area (Å²) in [4.78, 5) is 52.4. The molecule has 15 heteroatoms. The zero-order valence-electron chi connectivity index (χ0n) is 37.5. The van der Waals surface area contributed by atoms with Gasteiger partial charge in [0, 0.05) is 34.3 Å². The Kier molecular flexibility index (Phi) is 13.5. The van der Waals surface area contributed by atoms with E-state index in [1.54, 1.807) is 32.2 Å². The molecule has 5 aliphatic rings. The summed E-state index contributed by atoms with van der Waals surface area (Å²) in [5.74, 6) is -0.649. The summed E-state index contributed by atoms with van der Waals surface area (Å²) in [6.45, 7) is 7.34. The molecule has 63 heavy (non-hydrogen) atoms. The second kappa shape index (κ2) is 19.1. The molecular weight excluding hydrogens is 805 g/mol. The number of alkyl carbamates (subject to hydrolysis) is 1. The van der Waals surface area contributed by atoms with Crippen LogP contribution in [0, 0.1) is 0 Å². The van der Waals surface area contributed by atoms with Crippen molar-refractivity contribution in [3.8, 4) is 22.4 Å². The minimum absolute atomic E-state index is 0.0764. The van der Waals surface area contributed by atoms with Crippen molar-refractivity contribution in [1.82, 2.24) is 30.4 Å². The van der Waals surface area contributed by atoms with Gasteiger partial charge in [-0.05, 0) is 104 Å². The maximum atomic E-state index is 14.1. The van der Waals surface area contributed by atoms with Gasteiger partial charge in [-0.25, -0.2) is 9.78 Å². The zero-order valence-corrected chi connectivity index (χ0v) is 37.5. The highest BCUT2D eigenvalue weighted by Crippen LogP contribution is 2.50. The molecule has 1 spiro atoms. The third kappa shape index (κ3) is 8.96. The molecule has 15 nitrogen and oxygen atoms in total. The fraction of sp³-hybridized carbons (Fsp3) is 0.542. The molecule has 7 atom stereocenters. The molecule has 338 valence electrons. The molecule has 0 radical (unpaired) electrons. The number of allylic oxidation sites excluding steroid dienone is 3. The van der Waals surface area contributed by atoms with Crippen molar-refractivity contribution in [2.45, 2.75) is 114 Å². The van der Waals surface area contributed by atoms with Crippen LogP contribution in [-0.4, -0.2) is 135 Å². The zero-order chi connectivity index (χ0) is 44.4. The topological polar surface area (TPSA) is 166 Å². The number of nitrogens with one attached hydrogen (secondary N) is 3. The molecule has 3 N–H and O–H groups in total. The van der Waals surface area contributed by atoms with Gasteiger partial charge in [-0.1, -0.05) is 48.5 Å². The monoisotopic (exact) mass is 866 g/mol. The Bertz CT molecular complexity index is 2200. The number of fused-ring (bicyclic) bond motifs is 1. The van der Waals surface area contributed by atoms with Gasteiger partial charge in [0.15, 0.2) is 5.79 Å². The van der Waals surface area contributed by atoms with Gasteiger partial charge in [0.05, 0.1) is 63.1 Å². The minimum Gasteiger partial charge on any atom is -0.453 e. The van der Waals surface area contributed by atoms with Gasteiger partial charge in [0.25, 0.3) is 0 Å². The van der Waals surface area contributed by atoms with Crippen LogP contribution in [-0.2, 0) is 38.0 Å². The Morgan fingerprint density at radius 3 is 2.03 bits per heavy atom. The number of hydrogen-bond donors (Lipinski definition) is 3. The van der Waals surface area contributed by atoms with E-state index in [9.17, 15) is 14.4 Å². The molecule has 2 aromatic carbocycles. The van der Waals surface area contributed by atoms with Gasteiger partial charge in [-0.2, -0.15) is 0 Å². The summed E-state index contributed by atoms with van der Waals surface area (Å²) in [5.41, 5.74) is 10.9. The number of carbonyl (C=O) groups is 3. The van der Waals surface area contributed by atoms with Crippen molar-refractivity contribution in [1.29, 1.82) is 0 Å². The lowest BCUT2D eigenvalue weighted by molar-refractivity contribution is -0.154. The highest BCUT2D eigenvalue weighted by Gasteiger charge is 2.53. The number of likely N-dealkylation sites (tertiary alicyclic amines) is 2. The number of H-pyrrole nitrogens is 1. The molecule has 1 saturated carbocycles. The van der Waals surface area contributed by atoms with Gasteiger partial charge in [0.1, 0.15) is 24.1 Å². The van der Waals surface area contributed by atoms with Crippen molar-refractivity contribution in [2.24, 2.45) is 0 Å². The molecule has 8 rings (SSSR count). The van der Waals surface area contributed by atoms with Gasteiger partial charge >= 0.3 is 6.09 Å². The van der Waals surface area contributed by atoms with E-state index in [1.165, 1.54) is 42.1 Å². The van der Waals surface area contributed by atoms with E-state index in [0.717, 1.165) is 67.5 Å². The molecule has 1 unspecified atom stereocenters. The maximum absolute atomic E-state index is 14.1. The molecular formula is C48H62N6O9. The van der Waals surface area contributed by atoms with Crippen LogP contribution in [0.5, 0.6) is 0 Å². The SMILES string of the molecule is COC(=O)N[C@H](C(=O)N1CC2(C[C@H]1c1ncc(-c3ccc(-c4ccc(C5=C6CCCC6=C([C@@H]6CCCN6C(=O)[C@@H](NC(C)OC)[C@@H](C)OC)C5)cc4)cc3)[nH]1)OCCO2)[C@@H](C)OC. The Hall–Kier alpha value is -4.90. The lowest BCUT2D eigenvalue weighted by atomic mass is 9.94. The molecule has 3 saturated heterocycles. The molecule has 3 aromatic rings. The first-order valence-electron chi connectivity index (χ1n) is 22.3. The van der Waals surface area contributed by atoms with Gasteiger partial charge in [-0.3, -0.25) is 14.9 Å². The number of rotatable bonds is 15. The van der Waals surface area contributed by atoms with Gasteiger partial charge < -0.3 is 48.5 Å². The number of imidazole rings is 1. The van der Waals surface area contributed by atoms with Crippen LogP contribution in [0.2, 0.25) is 0 Å². The number of hydrogen-bond acceptors (Lipinski definition) is 11. The quantitative estimate of drug-likeness (QED) is 0.151. The van der Waals surface area contributed by atoms with Gasteiger partial charge in [0.2, 0.25) is 11.8 Å². The fourth-order valence-corrected chi connectivity index (χ4v) is 10.1. The summed E-state index contributed by atoms with van der Waals surface area (Å²) in [5, 5.41) is 5.99. The van der Waals surface area contributed by atoms with E-state index in [4.69, 9.17) is 33.4 Å². The average molecular weight is 867 g/mol. The van der Waals surface area contributed by atoms with E-state index >= 15 is 0 Å². The number of ether oxygens (including phenoxy) is 6. The number of aromatic nitrogens is 2. The Morgan fingerprint density at radius 2 is 1.38 bits per heavy atom. The maximum Gasteiger partial charge on any atom is 0.407 e. The number of nitrogens with zero attached hydrogens (tertiary/aromatic N) is 3. The molecule has 4 heterocycles. The number of aromatic amines is 1. The van der Waals surface area contributed by atoms with Crippen molar-refractivity contribution >= 4 is 23.5 Å². The highest BCUT2D eigenvalue weighted by molar-refractivity contribution is 5.87. The molecule has 3 aliphatic heterocycles. The minimum atomic E-state index is -1.00. The van der Waals surface area contributed by atoms with E-state index in [-0.39, 0.29) is 36.7 Å². The molecule has 3 amide bonds. The van der Waals surface area contributed by atoms with E-state index in [0.29, 0.717) is 25.5 Å². The first-order valence-corrected chi connectivity index (χ1v) is 22.3. The van der Waals surface area contributed by atoms with Crippen LogP contribution in [0.1, 0.15) is 83.1 Å². The van der Waals surface area contributed by atoms with Crippen molar-refractivity contribution in [2.75, 3.05) is 54.7 Å². The number of methoxy groups -OCH3 is 4. The second-order valence-electron chi connectivity index (χ2n) is 17.3. The van der Waals surface area contributed by atoms with Crippen molar-refractivity contribution in [3.05, 3.63) is 82.8 Å². The van der Waals surface area contributed by atoms with E-state index in [2.05, 4.69) is 69.0 Å². The largest absolute Gasteiger partial charge is 0.453 e. The fourth-order valence-electron chi connectivity index (χ4n) is 10.1. The summed E-state index contributed by atoms with van der Waals surface area (Å²) in [6.07, 6.45) is 6.33. The van der Waals surface area contributed by atoms with Gasteiger partial charge in [-0.15, -0.1) is 0 Å². The van der Waals surface area contributed by atoms with Crippen molar-refractivity contribution < 1.29 is 42.8 Å². The predicted octanol–water partition coefficient (Wildman–Crippen LogP) is 6.13. The lowest BCUT2D eigenvalue weighted by Gasteiger charge is -2.34. The lowest BCUT2D eigenvalue weighted by Crippen LogP contribution is -2.56. The first-order chi connectivity index (χ1) is 30.5. The van der Waals surface area contributed by atoms with Crippen LogP contribution in [0.4, 0.5) is 4.79 Å². The normalized spacial score (nSPS) is 23.0. The average Bonchev–Trinajstić information content (AvgIpc) is 4.18. The van der Waals surface area contributed by atoms with Crippen LogP contribution in [0.3, 0.4) is 0 Å². The number of benzene rings is 2. The van der Waals surface area contributed by atoms with E-state index in [1.807, 2.05) is 13.8 Å². The molecule has 1 aromatic heterocycles. The Morgan fingerprint density at radius 1 is 0.762 bits per heavy atom. The smallest absolute Gasteiger partial charge is 0.407 e. The van der Waals surface area contributed by atoms with Crippen molar-refractivity contribution in [3.63, 3.8) is 0 Å². The summed E-state index contributed by atoms with van der Waals surface area (Å²) in [7, 11) is 6.03. The molecule has 0 bridgehead atoms. The highest BCUT2D eigenvalue weighted by atomic mass is 16.7. The number of amides is 3. The summed E-state index contributed by atoms with van der Waals surface area (Å²) < 4.78 is 33.5. The Labute approximate surface area is 369 Å². The predicted molar refractivity (Wildman–Crippen MR) is 236 cm³/mol. The van der Waals surface area contributed by atoms with Crippen LogP contribution in [0.25, 0.3) is 28.0 Å². The Balaban J connectivity index is 0.960. The first kappa shape index (κ1) is 44.7. The van der Waals surface area contributed by atoms with Crippen LogP contribution >= 0.6 is 0 Å². The molecule has 2 aliphatic carbocycles. The van der Waals surface area contributed by atoms with E-state index < -0.39 is 36.1 Å². The summed E-state index contributed by atoms with van der Waals surface area (Å²) in [6, 6.07) is 15.3. The third-order valence-electron chi connectivity index (χ3n) is 13.8. The standard InChI is InChI=1S/C48H62N6O9/c1-28(58-4)42(50-30(3)60-6)45(55)53-21-9-12-40(53)38-24-37(35-10-8-11-36(35)38)33-17-13-31(14-18-33)32-15-19-34(20-16-32)39-26-49-44(51-39)41-25-48(62-22-23-63-48)27-54(41)46(56)43(29(2)59-5)52-47(57)61-7/h13-20,26,28-30,40-43,50H,8-12,21-25,27H2,1-7H3,(H,49,51)(H,52,57)/t28-,29-,30?,40+,41+,42+,43+/m1/s1.